The Labute approximate surface area is 102 Å². The number of carbonyl (C=O) groups is 1. The second-order valence-electron chi connectivity index (χ2n) is 4.80. The van der Waals surface area contributed by atoms with Crippen LogP contribution in [0, 0.1) is 5.92 Å². The fourth-order valence-electron chi connectivity index (χ4n) is 2.25. The number of para-hydroxylation sites is 1. The van der Waals surface area contributed by atoms with E-state index in [0.29, 0.717) is 23.2 Å². The highest BCUT2D eigenvalue weighted by atomic mass is 16.1. The molecule has 1 aliphatic rings. The molecule has 17 heavy (non-hydrogen) atoms. The van der Waals surface area contributed by atoms with Gasteiger partial charge < -0.3 is 16.4 Å². The number of benzene rings is 1. The zero-order valence-electron chi connectivity index (χ0n) is 10.3. The Hall–Kier alpha value is -1.71. The molecule has 0 aliphatic heterocycles. The predicted molar refractivity (Wildman–Crippen MR) is 70.0 cm³/mol. The first-order valence-corrected chi connectivity index (χ1v) is 5.93. The molecule has 92 valence electrons. The molecule has 1 aromatic carbocycles. The van der Waals surface area contributed by atoms with Gasteiger partial charge in [0.2, 0.25) is 0 Å². The Balaban J connectivity index is 2.38. The zero-order valence-corrected chi connectivity index (χ0v) is 10.3. The molecule has 0 radical (unpaired) electrons. The monoisotopic (exact) mass is 233 g/mol. The summed E-state index contributed by atoms with van der Waals surface area (Å²) in [7, 11) is 1.97. The van der Waals surface area contributed by atoms with E-state index in [4.69, 9.17) is 11.5 Å². The van der Waals surface area contributed by atoms with Crippen molar-refractivity contribution in [1.82, 2.24) is 0 Å². The number of nitrogens with two attached hydrogens (primary N) is 2. The molecule has 1 unspecified atom stereocenters. The van der Waals surface area contributed by atoms with E-state index >= 15 is 0 Å². The summed E-state index contributed by atoms with van der Waals surface area (Å²) in [6.45, 7) is 2.16. The SMILES string of the molecule is CC(C1CC1)N(C)c1c(N)cccc1C(N)=O. The fourth-order valence-corrected chi connectivity index (χ4v) is 2.25. The average Bonchev–Trinajstić information content (AvgIpc) is 3.10. The standard InChI is InChI=1S/C13H19N3O/c1-8(9-6-7-9)16(2)12-10(13(15)17)4-3-5-11(12)14/h3-5,8-9H,6-7,14H2,1-2H3,(H2,15,17). The topological polar surface area (TPSA) is 72.3 Å². The first-order valence-electron chi connectivity index (χ1n) is 5.93. The van der Waals surface area contributed by atoms with E-state index in [-0.39, 0.29) is 0 Å². The van der Waals surface area contributed by atoms with Crippen molar-refractivity contribution in [1.29, 1.82) is 0 Å². The molecule has 1 fully saturated rings. The molecule has 0 aromatic heterocycles. The van der Waals surface area contributed by atoms with Crippen LogP contribution in [0.4, 0.5) is 11.4 Å². The summed E-state index contributed by atoms with van der Waals surface area (Å²) in [5.74, 6) is 0.280. The van der Waals surface area contributed by atoms with Gasteiger partial charge in [-0.3, -0.25) is 4.79 Å². The third-order valence-corrected chi connectivity index (χ3v) is 3.60. The molecule has 0 spiro atoms. The molecule has 1 aliphatic carbocycles. The van der Waals surface area contributed by atoms with Crippen LogP contribution in [0.25, 0.3) is 0 Å². The normalized spacial score (nSPS) is 16.6. The van der Waals surface area contributed by atoms with E-state index < -0.39 is 5.91 Å². The molecule has 0 saturated heterocycles. The molecular weight excluding hydrogens is 214 g/mol. The van der Waals surface area contributed by atoms with Crippen LogP contribution in [0.3, 0.4) is 0 Å². The van der Waals surface area contributed by atoms with Gasteiger partial charge in [-0.1, -0.05) is 6.07 Å². The van der Waals surface area contributed by atoms with Crippen molar-refractivity contribution in [3.05, 3.63) is 23.8 Å². The molecule has 0 heterocycles. The van der Waals surface area contributed by atoms with Gasteiger partial charge in [0.1, 0.15) is 0 Å². The molecule has 4 N–H and O–H groups in total. The van der Waals surface area contributed by atoms with Gasteiger partial charge in [0.15, 0.2) is 0 Å². The predicted octanol–water partition coefficient (Wildman–Crippen LogP) is 1.60. The van der Waals surface area contributed by atoms with Gasteiger partial charge in [-0.25, -0.2) is 0 Å². The number of nitrogen functional groups attached to an aromatic ring is 1. The Bertz CT molecular complexity index is 440. The number of hydrogen-bond acceptors (Lipinski definition) is 3. The maximum Gasteiger partial charge on any atom is 0.250 e. The molecule has 1 saturated carbocycles. The van der Waals surface area contributed by atoms with Crippen LogP contribution >= 0.6 is 0 Å². The number of nitrogens with zero attached hydrogens (tertiary/aromatic N) is 1. The van der Waals surface area contributed by atoms with Crippen LogP contribution in [-0.4, -0.2) is 19.0 Å². The molecule has 1 aromatic rings. The first-order chi connectivity index (χ1) is 8.02. The highest BCUT2D eigenvalue weighted by molar-refractivity contribution is 6.01. The minimum atomic E-state index is -0.429. The van der Waals surface area contributed by atoms with Gasteiger partial charge in [0.05, 0.1) is 16.9 Å². The maximum absolute atomic E-state index is 11.4. The molecule has 4 nitrogen and oxygen atoms in total. The minimum absolute atomic E-state index is 0.387. The van der Waals surface area contributed by atoms with Crippen LogP contribution in [0.5, 0.6) is 0 Å². The summed E-state index contributed by atoms with van der Waals surface area (Å²) < 4.78 is 0. The van der Waals surface area contributed by atoms with Crippen molar-refractivity contribution >= 4 is 17.3 Å². The van der Waals surface area contributed by atoms with E-state index in [9.17, 15) is 4.79 Å². The number of rotatable bonds is 4. The maximum atomic E-state index is 11.4. The number of primary amides is 1. The summed E-state index contributed by atoms with van der Waals surface area (Å²) >= 11 is 0. The van der Waals surface area contributed by atoms with E-state index in [1.165, 1.54) is 12.8 Å². The van der Waals surface area contributed by atoms with Gasteiger partial charge in [0.25, 0.3) is 5.91 Å². The third kappa shape index (κ3) is 2.20. The van der Waals surface area contributed by atoms with Crippen molar-refractivity contribution in [3.63, 3.8) is 0 Å². The van der Waals surface area contributed by atoms with Gasteiger partial charge in [-0.2, -0.15) is 0 Å². The summed E-state index contributed by atoms with van der Waals surface area (Å²) in [6, 6.07) is 5.68. The number of anilines is 2. The first kappa shape index (κ1) is 11.8. The number of amides is 1. The van der Waals surface area contributed by atoms with Crippen LogP contribution in [-0.2, 0) is 0 Å². The molecule has 1 amide bonds. The minimum Gasteiger partial charge on any atom is -0.397 e. The fraction of sp³-hybridized carbons (Fsp3) is 0.462. The van der Waals surface area contributed by atoms with Crippen LogP contribution < -0.4 is 16.4 Å². The molecule has 2 rings (SSSR count). The van der Waals surface area contributed by atoms with Crippen LogP contribution in [0.1, 0.15) is 30.1 Å². The smallest absolute Gasteiger partial charge is 0.250 e. The van der Waals surface area contributed by atoms with Crippen molar-refractivity contribution in [2.24, 2.45) is 11.7 Å². The van der Waals surface area contributed by atoms with Gasteiger partial charge in [0, 0.05) is 13.1 Å². The van der Waals surface area contributed by atoms with Crippen molar-refractivity contribution in [2.75, 3.05) is 17.7 Å². The van der Waals surface area contributed by atoms with Crippen molar-refractivity contribution in [2.45, 2.75) is 25.8 Å². The second-order valence-corrected chi connectivity index (χ2v) is 4.80. The number of hydrogen-bond donors (Lipinski definition) is 2. The van der Waals surface area contributed by atoms with Crippen molar-refractivity contribution < 1.29 is 4.79 Å². The number of carbonyl (C=O) groups excluding carboxylic acids is 1. The average molecular weight is 233 g/mol. The van der Waals surface area contributed by atoms with E-state index in [1.807, 2.05) is 7.05 Å². The zero-order chi connectivity index (χ0) is 12.6. The summed E-state index contributed by atoms with van der Waals surface area (Å²) in [5, 5.41) is 0. The highest BCUT2D eigenvalue weighted by Crippen LogP contribution is 2.38. The van der Waals surface area contributed by atoms with Gasteiger partial charge >= 0.3 is 0 Å². The van der Waals surface area contributed by atoms with Gasteiger partial charge in [-0.15, -0.1) is 0 Å². The van der Waals surface area contributed by atoms with E-state index in [0.717, 1.165) is 5.69 Å². The van der Waals surface area contributed by atoms with E-state index in [1.54, 1.807) is 18.2 Å². The summed E-state index contributed by atoms with van der Waals surface area (Å²) in [5.41, 5.74) is 13.2. The van der Waals surface area contributed by atoms with Crippen LogP contribution in [0.15, 0.2) is 18.2 Å². The molecule has 4 heteroatoms. The summed E-state index contributed by atoms with van der Waals surface area (Å²) in [6.07, 6.45) is 2.51. The Kier molecular flexibility index (Phi) is 2.96. The van der Waals surface area contributed by atoms with Crippen molar-refractivity contribution in [3.8, 4) is 0 Å². The highest BCUT2D eigenvalue weighted by Gasteiger charge is 2.32. The second kappa shape index (κ2) is 4.28. The lowest BCUT2D eigenvalue weighted by Gasteiger charge is -2.29. The van der Waals surface area contributed by atoms with Crippen LogP contribution in [0.2, 0.25) is 0 Å². The Morgan fingerprint density at radius 2 is 2.12 bits per heavy atom. The largest absolute Gasteiger partial charge is 0.397 e. The van der Waals surface area contributed by atoms with E-state index in [2.05, 4.69) is 11.8 Å². The molecular formula is C13H19N3O. The Morgan fingerprint density at radius 3 is 2.65 bits per heavy atom. The lowest BCUT2D eigenvalue weighted by Crippen LogP contribution is -2.33. The molecule has 0 bridgehead atoms. The molecule has 1 atom stereocenters. The van der Waals surface area contributed by atoms with Gasteiger partial charge in [-0.05, 0) is 37.8 Å². The lowest BCUT2D eigenvalue weighted by atomic mass is 10.1. The quantitative estimate of drug-likeness (QED) is 0.776. The summed E-state index contributed by atoms with van der Waals surface area (Å²) in [4.78, 5) is 13.5. The lowest BCUT2D eigenvalue weighted by molar-refractivity contribution is 0.100. The third-order valence-electron chi connectivity index (χ3n) is 3.60. The Morgan fingerprint density at radius 1 is 1.47 bits per heavy atom.